The molecule has 1 aliphatic rings. The number of nitrogens with one attached hydrogen (secondary N) is 1. The lowest BCUT2D eigenvalue weighted by Crippen LogP contribution is -2.28. The van der Waals surface area contributed by atoms with Crippen LogP contribution in [0.3, 0.4) is 0 Å². The molecule has 32 heavy (non-hydrogen) atoms. The second kappa shape index (κ2) is 9.16. The minimum atomic E-state index is -4.45. The fraction of sp³-hybridized carbons (Fsp3) is 0.333. The Bertz CT molecular complexity index is 1060. The zero-order valence-electron chi connectivity index (χ0n) is 17.6. The molecule has 1 aromatic heterocycles. The first-order valence-corrected chi connectivity index (χ1v) is 10.5. The molecule has 0 aliphatic heterocycles. The van der Waals surface area contributed by atoms with Crippen molar-refractivity contribution in [3.8, 4) is 0 Å². The first kappa shape index (κ1) is 22.1. The second-order valence-electron chi connectivity index (χ2n) is 8.02. The highest BCUT2D eigenvalue weighted by atomic mass is 19.4. The summed E-state index contributed by atoms with van der Waals surface area (Å²) in [5, 5.41) is 2.85. The summed E-state index contributed by atoms with van der Waals surface area (Å²) in [6.45, 7) is 2.12. The van der Waals surface area contributed by atoms with Crippen molar-refractivity contribution in [1.29, 1.82) is 0 Å². The molecule has 1 N–H and O–H groups in total. The van der Waals surface area contributed by atoms with Gasteiger partial charge >= 0.3 is 6.18 Å². The highest BCUT2D eigenvalue weighted by molar-refractivity contribution is 5.92. The molecule has 168 valence electrons. The predicted octanol–water partition coefficient (Wildman–Crippen LogP) is 5.35. The van der Waals surface area contributed by atoms with E-state index >= 15 is 0 Å². The third-order valence-electron chi connectivity index (χ3n) is 5.56. The highest BCUT2D eigenvalue weighted by Gasteiger charge is 2.34. The van der Waals surface area contributed by atoms with E-state index in [4.69, 9.17) is 4.42 Å². The van der Waals surface area contributed by atoms with E-state index in [1.54, 1.807) is 6.07 Å². The molecular formula is C24H24F3N3O2. The van der Waals surface area contributed by atoms with Crippen molar-refractivity contribution in [2.45, 2.75) is 51.1 Å². The van der Waals surface area contributed by atoms with Crippen LogP contribution in [0.1, 0.15) is 58.9 Å². The van der Waals surface area contributed by atoms with Crippen molar-refractivity contribution in [1.82, 2.24) is 15.2 Å². The van der Waals surface area contributed by atoms with Crippen LogP contribution in [0.4, 0.5) is 13.2 Å². The van der Waals surface area contributed by atoms with Crippen molar-refractivity contribution in [2.24, 2.45) is 0 Å². The number of nitrogens with zero attached hydrogens (tertiary/aromatic N) is 2. The molecule has 5 nitrogen and oxygen atoms in total. The Morgan fingerprint density at radius 3 is 2.50 bits per heavy atom. The molecule has 1 atom stereocenters. The summed E-state index contributed by atoms with van der Waals surface area (Å²) in [6, 6.07) is 15.1. The van der Waals surface area contributed by atoms with E-state index in [1.165, 1.54) is 18.4 Å². The zero-order valence-corrected chi connectivity index (χ0v) is 17.6. The van der Waals surface area contributed by atoms with Gasteiger partial charge in [-0.3, -0.25) is 9.69 Å². The van der Waals surface area contributed by atoms with Crippen molar-refractivity contribution < 1.29 is 22.4 Å². The van der Waals surface area contributed by atoms with E-state index in [9.17, 15) is 18.0 Å². The third-order valence-corrected chi connectivity index (χ3v) is 5.56. The Morgan fingerprint density at radius 2 is 1.81 bits per heavy atom. The van der Waals surface area contributed by atoms with Gasteiger partial charge < -0.3 is 9.73 Å². The Labute approximate surface area is 184 Å². The van der Waals surface area contributed by atoms with Crippen molar-refractivity contribution >= 4 is 5.91 Å². The molecule has 0 spiro atoms. The summed E-state index contributed by atoms with van der Waals surface area (Å²) in [5.74, 6) is -0.0224. The minimum absolute atomic E-state index is 0.0394. The summed E-state index contributed by atoms with van der Waals surface area (Å²) >= 11 is 0. The molecule has 1 amide bonds. The van der Waals surface area contributed by atoms with Gasteiger partial charge in [0.05, 0.1) is 12.1 Å². The number of oxazole rings is 1. The average Bonchev–Trinajstić information content (AvgIpc) is 3.47. The summed E-state index contributed by atoms with van der Waals surface area (Å²) in [5.41, 5.74) is 0.633. The van der Waals surface area contributed by atoms with Crippen molar-refractivity contribution in [2.75, 3.05) is 0 Å². The summed E-state index contributed by atoms with van der Waals surface area (Å²) < 4.78 is 46.2. The first-order valence-electron chi connectivity index (χ1n) is 10.5. The molecule has 0 radical (unpaired) electrons. The van der Waals surface area contributed by atoms with Gasteiger partial charge in [0.1, 0.15) is 6.26 Å². The number of amides is 1. The maximum absolute atomic E-state index is 13.6. The molecule has 8 heteroatoms. The van der Waals surface area contributed by atoms with Gasteiger partial charge in [0.2, 0.25) is 5.89 Å². The van der Waals surface area contributed by atoms with Crippen LogP contribution in [-0.2, 0) is 19.3 Å². The van der Waals surface area contributed by atoms with Crippen LogP contribution >= 0.6 is 0 Å². The largest absolute Gasteiger partial charge is 0.447 e. The quantitative estimate of drug-likeness (QED) is 0.510. The number of carbonyl (C=O) groups excluding carboxylic acids is 1. The molecule has 3 aromatic rings. The smallest absolute Gasteiger partial charge is 0.416 e. The van der Waals surface area contributed by atoms with Crippen LogP contribution < -0.4 is 5.32 Å². The first-order chi connectivity index (χ1) is 15.3. The second-order valence-corrected chi connectivity index (χ2v) is 8.02. The van der Waals surface area contributed by atoms with Crippen LogP contribution in [0.15, 0.2) is 65.3 Å². The number of carbonyl (C=O) groups is 1. The van der Waals surface area contributed by atoms with Crippen molar-refractivity contribution in [3.05, 3.63) is 89.1 Å². The van der Waals surface area contributed by atoms with Gasteiger partial charge in [-0.1, -0.05) is 48.5 Å². The van der Waals surface area contributed by atoms with E-state index in [-0.39, 0.29) is 48.2 Å². The standard InChI is InChI=1S/C24H24F3N3O2/c1-16(17-7-3-2-4-8-17)30(13-18-9-5-6-10-20(18)24(25,26)27)14-22-29-21(15-32-22)23(31)28-19-11-12-19/h2-10,15-16,19H,11-14H2,1H3,(H,28,31)/t16-/m1/s1. The third kappa shape index (κ3) is 5.37. The lowest BCUT2D eigenvalue weighted by atomic mass is 10.0. The molecule has 4 rings (SSSR count). The van der Waals surface area contributed by atoms with E-state index in [0.717, 1.165) is 24.5 Å². The summed E-state index contributed by atoms with van der Waals surface area (Å²) in [4.78, 5) is 18.4. The number of alkyl halides is 3. The summed E-state index contributed by atoms with van der Waals surface area (Å²) in [7, 11) is 0. The van der Waals surface area contributed by atoms with Gasteiger partial charge in [0.15, 0.2) is 5.69 Å². The van der Waals surface area contributed by atoms with Crippen LogP contribution in [0.25, 0.3) is 0 Å². The van der Waals surface area contributed by atoms with Crippen molar-refractivity contribution in [3.63, 3.8) is 0 Å². The Kier molecular flexibility index (Phi) is 6.32. The van der Waals surface area contributed by atoms with Crippen LogP contribution in [0.2, 0.25) is 0 Å². The van der Waals surface area contributed by atoms with E-state index in [0.29, 0.717) is 0 Å². The van der Waals surface area contributed by atoms with Crippen LogP contribution in [0, 0.1) is 0 Å². The van der Waals surface area contributed by atoms with E-state index in [2.05, 4.69) is 10.3 Å². The van der Waals surface area contributed by atoms with Gasteiger partial charge in [-0.2, -0.15) is 13.2 Å². The van der Waals surface area contributed by atoms with Crippen LogP contribution in [-0.4, -0.2) is 21.8 Å². The Balaban J connectivity index is 1.59. The number of hydrogen-bond donors (Lipinski definition) is 1. The lowest BCUT2D eigenvalue weighted by molar-refractivity contribution is -0.138. The molecule has 1 saturated carbocycles. The highest BCUT2D eigenvalue weighted by Crippen LogP contribution is 2.34. The fourth-order valence-electron chi connectivity index (χ4n) is 3.57. The number of aromatic nitrogens is 1. The van der Waals surface area contributed by atoms with E-state index < -0.39 is 11.7 Å². The van der Waals surface area contributed by atoms with Gasteiger partial charge in [0.25, 0.3) is 5.91 Å². The molecule has 0 saturated heterocycles. The SMILES string of the molecule is C[C@H](c1ccccc1)N(Cc1nc(C(=O)NC2CC2)co1)Cc1ccccc1C(F)(F)F. The normalized spacial score (nSPS) is 15.0. The maximum atomic E-state index is 13.6. The monoisotopic (exact) mass is 443 g/mol. The molecule has 1 fully saturated rings. The molecule has 1 aliphatic carbocycles. The maximum Gasteiger partial charge on any atom is 0.416 e. The van der Waals surface area contributed by atoms with Gasteiger partial charge in [0, 0.05) is 18.6 Å². The van der Waals surface area contributed by atoms with E-state index in [1.807, 2.05) is 42.2 Å². The Hall–Kier alpha value is -3.13. The molecule has 1 heterocycles. The fourth-order valence-corrected chi connectivity index (χ4v) is 3.57. The topological polar surface area (TPSA) is 58.4 Å². The number of hydrogen-bond acceptors (Lipinski definition) is 4. The number of halogens is 3. The zero-order chi connectivity index (χ0) is 22.7. The summed E-state index contributed by atoms with van der Waals surface area (Å²) in [6.07, 6.45) is -1.24. The van der Waals surface area contributed by atoms with Gasteiger partial charge in [-0.25, -0.2) is 4.98 Å². The molecule has 2 aromatic carbocycles. The molecule has 0 unspecified atom stereocenters. The lowest BCUT2D eigenvalue weighted by Gasteiger charge is -2.29. The molecular weight excluding hydrogens is 419 g/mol. The average molecular weight is 443 g/mol. The van der Waals surface area contributed by atoms with Gasteiger partial charge in [-0.15, -0.1) is 0 Å². The van der Waals surface area contributed by atoms with Crippen LogP contribution in [0.5, 0.6) is 0 Å². The van der Waals surface area contributed by atoms with Gasteiger partial charge in [-0.05, 0) is 37.0 Å². The number of benzene rings is 2. The number of rotatable bonds is 8. The Morgan fingerprint density at radius 1 is 1.12 bits per heavy atom. The minimum Gasteiger partial charge on any atom is -0.447 e. The predicted molar refractivity (Wildman–Crippen MR) is 113 cm³/mol. The molecule has 0 bridgehead atoms.